The summed E-state index contributed by atoms with van der Waals surface area (Å²) in [5.74, 6) is -0.784. The van der Waals surface area contributed by atoms with E-state index >= 15 is 0 Å². The topological polar surface area (TPSA) is 69.4 Å². The minimum atomic E-state index is -0.633. The molecule has 0 aromatic rings. The van der Waals surface area contributed by atoms with Crippen LogP contribution in [0.25, 0.3) is 0 Å². The molecule has 0 amide bonds. The molecule has 4 nitrogen and oxygen atoms in total. The van der Waals surface area contributed by atoms with Crippen LogP contribution in [0.4, 0.5) is 0 Å². The molecular weight excluding hydrogens is 134 g/mol. The first-order valence-corrected chi connectivity index (χ1v) is 2.97. The standard InChI is InChI=1S/C6H11NO3/c1-4(8)3-6(9)10-5(2)7/h5H,3,7H2,1-2H3. The largest absolute Gasteiger partial charge is 0.447 e. The van der Waals surface area contributed by atoms with Gasteiger partial charge in [-0.15, -0.1) is 0 Å². The van der Waals surface area contributed by atoms with Crippen LogP contribution in [0.15, 0.2) is 0 Å². The van der Waals surface area contributed by atoms with Gasteiger partial charge in [-0.1, -0.05) is 0 Å². The predicted molar refractivity (Wildman–Crippen MR) is 35.0 cm³/mol. The molecule has 0 heterocycles. The summed E-state index contributed by atoms with van der Waals surface area (Å²) in [5.41, 5.74) is 5.11. The number of hydrogen-bond acceptors (Lipinski definition) is 4. The molecule has 2 N–H and O–H groups in total. The molecule has 0 aromatic heterocycles. The molecule has 0 saturated carbocycles. The fourth-order valence-corrected chi connectivity index (χ4v) is 0.452. The van der Waals surface area contributed by atoms with Crippen LogP contribution >= 0.6 is 0 Å². The van der Waals surface area contributed by atoms with Crippen molar-refractivity contribution in [3.05, 3.63) is 0 Å². The van der Waals surface area contributed by atoms with Crippen LogP contribution in [0.2, 0.25) is 0 Å². The van der Waals surface area contributed by atoms with Gasteiger partial charge in [0.25, 0.3) is 0 Å². The zero-order valence-corrected chi connectivity index (χ0v) is 6.09. The first-order chi connectivity index (χ1) is 4.52. The fraction of sp³-hybridized carbons (Fsp3) is 0.667. The van der Waals surface area contributed by atoms with E-state index in [0.29, 0.717) is 0 Å². The molecule has 0 radical (unpaired) electrons. The van der Waals surface area contributed by atoms with E-state index in [1.807, 2.05) is 0 Å². The van der Waals surface area contributed by atoms with Crippen LogP contribution in [0.3, 0.4) is 0 Å². The maximum atomic E-state index is 10.5. The van der Waals surface area contributed by atoms with Crippen LogP contribution in [0.1, 0.15) is 20.3 Å². The predicted octanol–water partition coefficient (Wildman–Crippen LogP) is -0.187. The van der Waals surface area contributed by atoms with Crippen molar-refractivity contribution in [2.24, 2.45) is 5.73 Å². The molecule has 0 bridgehead atoms. The van der Waals surface area contributed by atoms with Crippen LogP contribution in [0.5, 0.6) is 0 Å². The van der Waals surface area contributed by atoms with Gasteiger partial charge in [0.05, 0.1) is 0 Å². The van der Waals surface area contributed by atoms with Gasteiger partial charge in [0.2, 0.25) is 0 Å². The van der Waals surface area contributed by atoms with E-state index in [9.17, 15) is 9.59 Å². The molecule has 1 atom stereocenters. The quantitative estimate of drug-likeness (QED) is 0.339. The zero-order valence-electron chi connectivity index (χ0n) is 6.09. The van der Waals surface area contributed by atoms with Crippen LogP contribution in [-0.2, 0) is 14.3 Å². The Morgan fingerprint density at radius 1 is 1.60 bits per heavy atom. The molecule has 0 fully saturated rings. The Morgan fingerprint density at radius 2 is 2.10 bits per heavy atom. The smallest absolute Gasteiger partial charge is 0.314 e. The van der Waals surface area contributed by atoms with Crippen molar-refractivity contribution in [2.45, 2.75) is 26.5 Å². The third-order valence-electron chi connectivity index (χ3n) is 0.711. The SMILES string of the molecule is CC(=O)CC(=O)OC(C)N. The lowest BCUT2D eigenvalue weighted by molar-refractivity contribution is -0.149. The summed E-state index contributed by atoms with van der Waals surface area (Å²) in [4.78, 5) is 20.8. The first-order valence-electron chi connectivity index (χ1n) is 2.97. The van der Waals surface area contributed by atoms with E-state index in [-0.39, 0.29) is 12.2 Å². The third-order valence-corrected chi connectivity index (χ3v) is 0.711. The van der Waals surface area contributed by atoms with Gasteiger partial charge in [0.15, 0.2) is 0 Å². The number of Topliss-reactive ketones (excluding diaryl/α,β-unsaturated/α-hetero) is 1. The number of esters is 1. The second-order valence-electron chi connectivity index (χ2n) is 2.07. The lowest BCUT2D eigenvalue weighted by atomic mass is 10.3. The minimum absolute atomic E-state index is 0.193. The number of rotatable bonds is 3. The molecule has 10 heavy (non-hydrogen) atoms. The lowest BCUT2D eigenvalue weighted by Gasteiger charge is -2.05. The fourth-order valence-electron chi connectivity index (χ4n) is 0.452. The Hall–Kier alpha value is -0.900. The van der Waals surface area contributed by atoms with Gasteiger partial charge < -0.3 is 4.74 Å². The summed E-state index contributed by atoms with van der Waals surface area (Å²) in [6.07, 6.45) is -0.825. The van der Waals surface area contributed by atoms with Crippen molar-refractivity contribution in [2.75, 3.05) is 0 Å². The summed E-state index contributed by atoms with van der Waals surface area (Å²) < 4.78 is 4.48. The van der Waals surface area contributed by atoms with Crippen molar-refractivity contribution in [3.63, 3.8) is 0 Å². The van der Waals surface area contributed by atoms with Crippen LogP contribution < -0.4 is 5.73 Å². The maximum Gasteiger partial charge on any atom is 0.314 e. The zero-order chi connectivity index (χ0) is 8.15. The third kappa shape index (κ3) is 5.24. The van der Waals surface area contributed by atoms with Gasteiger partial charge in [-0.2, -0.15) is 0 Å². The van der Waals surface area contributed by atoms with Gasteiger partial charge in [-0.25, -0.2) is 0 Å². The van der Waals surface area contributed by atoms with Crippen molar-refractivity contribution in [3.8, 4) is 0 Å². The average molecular weight is 145 g/mol. The molecule has 1 unspecified atom stereocenters. The van der Waals surface area contributed by atoms with E-state index in [0.717, 1.165) is 0 Å². The van der Waals surface area contributed by atoms with Crippen LogP contribution in [-0.4, -0.2) is 18.0 Å². The number of carbonyl (C=O) groups excluding carboxylic acids is 2. The molecule has 4 heteroatoms. The van der Waals surface area contributed by atoms with Crippen molar-refractivity contribution in [1.29, 1.82) is 0 Å². The molecule has 0 rings (SSSR count). The van der Waals surface area contributed by atoms with E-state index in [4.69, 9.17) is 5.73 Å². The molecule has 58 valence electrons. The normalized spacial score (nSPS) is 12.3. The summed E-state index contributed by atoms with van der Waals surface area (Å²) >= 11 is 0. The summed E-state index contributed by atoms with van der Waals surface area (Å²) in [6.45, 7) is 2.85. The van der Waals surface area contributed by atoms with E-state index < -0.39 is 12.2 Å². The van der Waals surface area contributed by atoms with Gasteiger partial charge in [-0.3, -0.25) is 15.3 Å². The molecule has 0 aromatic carbocycles. The highest BCUT2D eigenvalue weighted by molar-refractivity contribution is 5.94. The Kier molecular flexibility index (Phi) is 3.64. The van der Waals surface area contributed by atoms with Crippen molar-refractivity contribution in [1.82, 2.24) is 0 Å². The first kappa shape index (κ1) is 9.10. The Balaban J connectivity index is 3.54. The highest BCUT2D eigenvalue weighted by Crippen LogP contribution is 1.89. The minimum Gasteiger partial charge on any atom is -0.447 e. The van der Waals surface area contributed by atoms with Gasteiger partial charge >= 0.3 is 5.97 Å². The number of ether oxygens (including phenoxy) is 1. The number of nitrogens with two attached hydrogens (primary N) is 1. The molecule has 0 saturated heterocycles. The Morgan fingerprint density at radius 3 is 2.40 bits per heavy atom. The molecule has 0 spiro atoms. The van der Waals surface area contributed by atoms with Crippen molar-refractivity contribution >= 4 is 11.8 Å². The van der Waals surface area contributed by atoms with Gasteiger partial charge in [0.1, 0.15) is 18.4 Å². The molecule has 0 aliphatic carbocycles. The monoisotopic (exact) mass is 145 g/mol. The van der Waals surface area contributed by atoms with Crippen molar-refractivity contribution < 1.29 is 14.3 Å². The molecule has 0 aliphatic heterocycles. The van der Waals surface area contributed by atoms with E-state index in [1.54, 1.807) is 0 Å². The maximum absolute atomic E-state index is 10.5. The lowest BCUT2D eigenvalue weighted by Crippen LogP contribution is -2.24. The Labute approximate surface area is 59.3 Å². The summed E-state index contributed by atoms with van der Waals surface area (Å²) in [7, 11) is 0. The number of ketones is 1. The number of hydrogen-bond donors (Lipinski definition) is 1. The van der Waals surface area contributed by atoms with E-state index in [1.165, 1.54) is 13.8 Å². The second-order valence-corrected chi connectivity index (χ2v) is 2.07. The van der Waals surface area contributed by atoms with Gasteiger partial charge in [0, 0.05) is 0 Å². The summed E-state index contributed by atoms with van der Waals surface area (Å²) in [5, 5.41) is 0. The molecule has 0 aliphatic rings. The second kappa shape index (κ2) is 4.00. The van der Waals surface area contributed by atoms with E-state index in [2.05, 4.69) is 4.74 Å². The highest BCUT2D eigenvalue weighted by Gasteiger charge is 2.07. The highest BCUT2D eigenvalue weighted by atomic mass is 16.6. The number of carbonyl (C=O) groups is 2. The average Bonchev–Trinajstić information content (AvgIpc) is 1.58. The summed E-state index contributed by atoms with van der Waals surface area (Å²) in [6, 6.07) is 0. The molecular formula is C6H11NO3. The Bertz CT molecular complexity index is 142. The van der Waals surface area contributed by atoms with Crippen LogP contribution in [0, 0.1) is 0 Å². The van der Waals surface area contributed by atoms with Gasteiger partial charge in [-0.05, 0) is 13.8 Å².